The minimum atomic E-state index is -0.268. The van der Waals surface area contributed by atoms with E-state index < -0.39 is 0 Å². The van der Waals surface area contributed by atoms with E-state index in [0.717, 1.165) is 12.0 Å². The van der Waals surface area contributed by atoms with Gasteiger partial charge in [0.15, 0.2) is 0 Å². The molecule has 132 valence electrons. The van der Waals surface area contributed by atoms with Crippen LogP contribution in [0.15, 0.2) is 60.9 Å². The number of anilines is 2. The van der Waals surface area contributed by atoms with Crippen molar-refractivity contribution < 1.29 is 4.79 Å². The molecule has 0 aliphatic carbocycles. The third kappa shape index (κ3) is 4.71. The number of rotatable bonds is 6. The maximum Gasteiger partial charge on any atom is 0.271 e. The van der Waals surface area contributed by atoms with Crippen LogP contribution in [0.3, 0.4) is 0 Å². The van der Waals surface area contributed by atoms with Crippen molar-refractivity contribution in [1.82, 2.24) is 15.3 Å². The van der Waals surface area contributed by atoms with Crippen LogP contribution in [0.5, 0.6) is 0 Å². The van der Waals surface area contributed by atoms with Gasteiger partial charge in [0, 0.05) is 6.54 Å². The monoisotopic (exact) mass is 386 g/mol. The smallest absolute Gasteiger partial charge is 0.271 e. The Morgan fingerprint density at radius 2 is 1.65 bits per heavy atom. The van der Waals surface area contributed by atoms with Crippen molar-refractivity contribution in [3.63, 3.8) is 0 Å². The average Bonchev–Trinajstić information content (AvgIpc) is 2.66. The summed E-state index contributed by atoms with van der Waals surface area (Å²) in [6.07, 6.45) is 3.63. The highest BCUT2D eigenvalue weighted by Crippen LogP contribution is 2.31. The molecule has 1 aromatic heterocycles. The first-order valence-corrected chi connectivity index (χ1v) is 8.74. The molecule has 1 amide bonds. The number of benzene rings is 2. The van der Waals surface area contributed by atoms with Gasteiger partial charge in [0.1, 0.15) is 11.5 Å². The second-order valence-electron chi connectivity index (χ2n) is 5.50. The maximum atomic E-state index is 12.1. The number of carbonyl (C=O) groups is 1. The van der Waals surface area contributed by atoms with E-state index in [2.05, 4.69) is 20.6 Å². The lowest BCUT2D eigenvalue weighted by Crippen LogP contribution is -2.26. The number of hydrogen-bond acceptors (Lipinski definition) is 4. The summed E-state index contributed by atoms with van der Waals surface area (Å²) in [4.78, 5) is 20.5. The van der Waals surface area contributed by atoms with E-state index in [1.807, 2.05) is 30.3 Å². The molecular formula is C19H16Cl2N4O. The Balaban J connectivity index is 1.57. The molecule has 3 aromatic rings. The molecule has 26 heavy (non-hydrogen) atoms. The molecule has 0 saturated heterocycles. The lowest BCUT2D eigenvalue weighted by molar-refractivity contribution is 0.0949. The second kappa shape index (κ2) is 8.65. The van der Waals surface area contributed by atoms with Crippen LogP contribution in [0.4, 0.5) is 11.5 Å². The summed E-state index contributed by atoms with van der Waals surface area (Å²) >= 11 is 12.2. The molecule has 3 rings (SSSR count). The molecule has 5 nitrogen and oxygen atoms in total. The Labute approximate surface area is 161 Å². The van der Waals surface area contributed by atoms with Crippen molar-refractivity contribution in [3.05, 3.63) is 82.2 Å². The molecule has 0 spiro atoms. The minimum absolute atomic E-state index is 0.244. The minimum Gasteiger partial charge on any atom is -0.350 e. The van der Waals surface area contributed by atoms with Crippen molar-refractivity contribution in [2.24, 2.45) is 0 Å². The molecule has 0 aliphatic rings. The topological polar surface area (TPSA) is 66.9 Å². The van der Waals surface area contributed by atoms with E-state index in [9.17, 15) is 4.79 Å². The molecule has 0 saturated carbocycles. The quantitative estimate of drug-likeness (QED) is 0.654. The van der Waals surface area contributed by atoms with Gasteiger partial charge >= 0.3 is 0 Å². The predicted octanol–water partition coefficient (Wildman–Crippen LogP) is 4.50. The molecule has 0 fully saturated rings. The molecule has 2 N–H and O–H groups in total. The third-order valence-corrected chi connectivity index (χ3v) is 4.27. The van der Waals surface area contributed by atoms with Crippen LogP contribution in [0, 0.1) is 0 Å². The van der Waals surface area contributed by atoms with E-state index in [1.165, 1.54) is 12.4 Å². The summed E-state index contributed by atoms with van der Waals surface area (Å²) in [6, 6.07) is 15.1. The zero-order valence-corrected chi connectivity index (χ0v) is 15.3. The van der Waals surface area contributed by atoms with Gasteiger partial charge in [-0.3, -0.25) is 4.79 Å². The summed E-state index contributed by atoms with van der Waals surface area (Å²) in [7, 11) is 0. The van der Waals surface area contributed by atoms with E-state index in [4.69, 9.17) is 23.2 Å². The Bertz CT molecular complexity index is 866. The van der Waals surface area contributed by atoms with Gasteiger partial charge in [-0.25, -0.2) is 9.97 Å². The van der Waals surface area contributed by atoms with E-state index in [-0.39, 0.29) is 11.6 Å². The van der Waals surface area contributed by atoms with Crippen molar-refractivity contribution in [2.45, 2.75) is 6.42 Å². The van der Waals surface area contributed by atoms with Gasteiger partial charge in [-0.1, -0.05) is 59.6 Å². The third-order valence-electron chi connectivity index (χ3n) is 3.64. The molecule has 1 heterocycles. The van der Waals surface area contributed by atoms with E-state index >= 15 is 0 Å². The predicted molar refractivity (Wildman–Crippen MR) is 104 cm³/mol. The van der Waals surface area contributed by atoms with Crippen LogP contribution in [0.2, 0.25) is 10.0 Å². The Morgan fingerprint density at radius 3 is 2.31 bits per heavy atom. The van der Waals surface area contributed by atoms with Gasteiger partial charge in [-0.15, -0.1) is 0 Å². The van der Waals surface area contributed by atoms with Gasteiger partial charge in [0.2, 0.25) is 0 Å². The first-order chi connectivity index (χ1) is 12.6. The van der Waals surface area contributed by atoms with E-state index in [0.29, 0.717) is 28.1 Å². The van der Waals surface area contributed by atoms with Crippen molar-refractivity contribution in [2.75, 3.05) is 11.9 Å². The summed E-state index contributed by atoms with van der Waals surface area (Å²) in [5.41, 5.74) is 1.95. The molecular weight excluding hydrogens is 371 g/mol. The zero-order chi connectivity index (χ0) is 18.4. The zero-order valence-electron chi connectivity index (χ0n) is 13.7. The fraction of sp³-hybridized carbons (Fsp3) is 0.105. The number of nitrogens with one attached hydrogen (secondary N) is 2. The highest BCUT2D eigenvalue weighted by molar-refractivity contribution is 6.39. The number of amides is 1. The largest absolute Gasteiger partial charge is 0.350 e. The van der Waals surface area contributed by atoms with Gasteiger partial charge in [0.25, 0.3) is 5.91 Å². The van der Waals surface area contributed by atoms with Gasteiger partial charge in [-0.05, 0) is 24.1 Å². The van der Waals surface area contributed by atoms with E-state index in [1.54, 1.807) is 18.2 Å². The molecule has 0 unspecified atom stereocenters. The van der Waals surface area contributed by atoms with Crippen molar-refractivity contribution in [3.8, 4) is 0 Å². The molecule has 0 radical (unpaired) electrons. The summed E-state index contributed by atoms with van der Waals surface area (Å²) in [5.74, 6) is 0.177. The summed E-state index contributed by atoms with van der Waals surface area (Å²) in [6.45, 7) is 0.528. The molecule has 7 heteroatoms. The number of aromatic nitrogens is 2. The lowest BCUT2D eigenvalue weighted by atomic mass is 10.1. The highest BCUT2D eigenvalue weighted by atomic mass is 35.5. The SMILES string of the molecule is O=C(NCCc1ccccc1)c1cnc(Nc2c(Cl)cccc2Cl)cn1. The van der Waals surface area contributed by atoms with Gasteiger partial charge in [0.05, 0.1) is 28.1 Å². The van der Waals surface area contributed by atoms with Crippen LogP contribution < -0.4 is 10.6 Å². The number of halogens is 2. The summed E-state index contributed by atoms with van der Waals surface area (Å²) in [5, 5.41) is 6.78. The van der Waals surface area contributed by atoms with Crippen LogP contribution in [0.1, 0.15) is 16.1 Å². The number of hydrogen-bond donors (Lipinski definition) is 2. The Hall–Kier alpha value is -2.63. The second-order valence-corrected chi connectivity index (χ2v) is 6.31. The number of nitrogens with zero attached hydrogens (tertiary/aromatic N) is 2. The fourth-order valence-electron chi connectivity index (χ4n) is 2.31. The van der Waals surface area contributed by atoms with Crippen LogP contribution in [-0.2, 0) is 6.42 Å². The fourth-order valence-corrected chi connectivity index (χ4v) is 2.80. The first-order valence-electron chi connectivity index (χ1n) is 7.98. The molecule has 0 atom stereocenters. The molecule has 0 aliphatic heterocycles. The van der Waals surface area contributed by atoms with Crippen molar-refractivity contribution in [1.29, 1.82) is 0 Å². The van der Waals surface area contributed by atoms with Crippen LogP contribution in [0.25, 0.3) is 0 Å². The maximum absolute atomic E-state index is 12.1. The number of carbonyl (C=O) groups excluding carboxylic acids is 1. The lowest BCUT2D eigenvalue weighted by Gasteiger charge is -2.09. The standard InChI is InChI=1S/C19H16Cl2N4O/c20-14-7-4-8-15(21)18(14)25-17-12-23-16(11-24-17)19(26)22-10-9-13-5-2-1-3-6-13/h1-8,11-12H,9-10H2,(H,22,26)(H,24,25). The normalized spacial score (nSPS) is 10.4. The highest BCUT2D eigenvalue weighted by Gasteiger charge is 2.10. The molecule has 0 bridgehead atoms. The molecule has 2 aromatic carbocycles. The summed E-state index contributed by atoms with van der Waals surface area (Å²) < 4.78 is 0. The van der Waals surface area contributed by atoms with Crippen molar-refractivity contribution >= 4 is 40.6 Å². The van der Waals surface area contributed by atoms with Crippen LogP contribution in [-0.4, -0.2) is 22.4 Å². The number of para-hydroxylation sites is 1. The van der Waals surface area contributed by atoms with Gasteiger partial charge < -0.3 is 10.6 Å². The van der Waals surface area contributed by atoms with Crippen LogP contribution >= 0.6 is 23.2 Å². The Morgan fingerprint density at radius 1 is 0.923 bits per heavy atom. The Kier molecular flexibility index (Phi) is 6.04. The van der Waals surface area contributed by atoms with Gasteiger partial charge in [-0.2, -0.15) is 0 Å². The average molecular weight is 387 g/mol. The first kappa shape index (κ1) is 18.2.